The molecule has 0 aliphatic heterocycles. The predicted molar refractivity (Wildman–Crippen MR) is 111 cm³/mol. The minimum Gasteiger partial charge on any atom is -0.493 e. The fourth-order valence-corrected chi connectivity index (χ4v) is 2.85. The van der Waals surface area contributed by atoms with Crippen molar-refractivity contribution in [3.63, 3.8) is 0 Å². The molecule has 0 atom stereocenters. The van der Waals surface area contributed by atoms with Gasteiger partial charge >= 0.3 is 0 Å². The summed E-state index contributed by atoms with van der Waals surface area (Å²) in [5.41, 5.74) is 1.74. The van der Waals surface area contributed by atoms with Crippen LogP contribution in [0, 0.1) is 0 Å². The average Bonchev–Trinajstić information content (AvgIpc) is 2.76. The van der Waals surface area contributed by atoms with Gasteiger partial charge in [-0.1, -0.05) is 6.07 Å². The number of ether oxygens (including phenoxy) is 5. The maximum absolute atomic E-state index is 12.2. The Morgan fingerprint density at radius 1 is 0.828 bits per heavy atom. The number of carbonyl (C=O) groups excluding carboxylic acids is 1. The van der Waals surface area contributed by atoms with E-state index in [1.54, 1.807) is 39.5 Å². The fraction of sp³-hybridized carbons (Fsp3) is 0.318. The van der Waals surface area contributed by atoms with Crippen LogP contribution in [0.3, 0.4) is 0 Å². The lowest BCUT2D eigenvalue weighted by molar-refractivity contribution is -0.116. The topological polar surface area (TPSA) is 75.3 Å². The van der Waals surface area contributed by atoms with Gasteiger partial charge in [0.2, 0.25) is 11.7 Å². The van der Waals surface area contributed by atoms with E-state index < -0.39 is 0 Å². The molecule has 156 valence electrons. The van der Waals surface area contributed by atoms with Crippen LogP contribution < -0.4 is 29.0 Å². The molecule has 1 amide bonds. The van der Waals surface area contributed by atoms with E-state index in [1.165, 1.54) is 20.3 Å². The Labute approximate surface area is 171 Å². The van der Waals surface area contributed by atoms with Gasteiger partial charge in [0.1, 0.15) is 0 Å². The smallest absolute Gasteiger partial charge is 0.244 e. The lowest BCUT2D eigenvalue weighted by Crippen LogP contribution is -2.23. The normalized spacial score (nSPS) is 10.5. The molecule has 0 fully saturated rings. The summed E-state index contributed by atoms with van der Waals surface area (Å²) in [4.78, 5) is 12.2. The van der Waals surface area contributed by atoms with Crippen molar-refractivity contribution < 1.29 is 28.5 Å². The Hall–Kier alpha value is -3.35. The molecule has 29 heavy (non-hydrogen) atoms. The first-order chi connectivity index (χ1) is 14.1. The molecule has 7 heteroatoms. The van der Waals surface area contributed by atoms with E-state index in [1.807, 2.05) is 18.2 Å². The summed E-state index contributed by atoms with van der Waals surface area (Å²) in [6.45, 7) is 0.488. The van der Waals surface area contributed by atoms with Crippen LogP contribution in [0.4, 0.5) is 0 Å². The molecular weight excluding hydrogens is 374 g/mol. The van der Waals surface area contributed by atoms with Crippen LogP contribution in [0.1, 0.15) is 11.1 Å². The van der Waals surface area contributed by atoms with Crippen molar-refractivity contribution in [3.8, 4) is 28.7 Å². The van der Waals surface area contributed by atoms with Crippen molar-refractivity contribution in [1.82, 2.24) is 5.32 Å². The SMILES string of the molecule is COc1ccc(CCNC(=O)/C=C/c2ccc(OC)c(OC)c2OC)cc1OC. The van der Waals surface area contributed by atoms with Crippen LogP contribution in [0.25, 0.3) is 6.08 Å². The van der Waals surface area contributed by atoms with Gasteiger partial charge in [-0.25, -0.2) is 0 Å². The Morgan fingerprint density at radius 2 is 1.48 bits per heavy atom. The third-order valence-electron chi connectivity index (χ3n) is 4.31. The average molecular weight is 401 g/mol. The van der Waals surface area contributed by atoms with Crippen molar-refractivity contribution in [2.45, 2.75) is 6.42 Å². The number of hydrogen-bond donors (Lipinski definition) is 1. The summed E-state index contributed by atoms with van der Waals surface area (Å²) < 4.78 is 26.5. The third-order valence-corrected chi connectivity index (χ3v) is 4.31. The summed E-state index contributed by atoms with van der Waals surface area (Å²) in [6, 6.07) is 9.25. The van der Waals surface area contributed by atoms with E-state index in [4.69, 9.17) is 23.7 Å². The van der Waals surface area contributed by atoms with Crippen LogP contribution in [0.2, 0.25) is 0 Å². The molecule has 0 heterocycles. The van der Waals surface area contributed by atoms with E-state index in [9.17, 15) is 4.79 Å². The van der Waals surface area contributed by atoms with E-state index >= 15 is 0 Å². The van der Waals surface area contributed by atoms with Crippen LogP contribution in [-0.2, 0) is 11.2 Å². The van der Waals surface area contributed by atoms with Gasteiger partial charge in [-0.3, -0.25) is 4.79 Å². The minimum absolute atomic E-state index is 0.206. The summed E-state index contributed by atoms with van der Waals surface area (Å²) in [5, 5.41) is 2.86. The van der Waals surface area contributed by atoms with Gasteiger partial charge in [-0.15, -0.1) is 0 Å². The first-order valence-electron chi connectivity index (χ1n) is 9.03. The monoisotopic (exact) mass is 401 g/mol. The van der Waals surface area contributed by atoms with Crippen LogP contribution in [-0.4, -0.2) is 48.0 Å². The van der Waals surface area contributed by atoms with Crippen LogP contribution in [0.5, 0.6) is 28.7 Å². The molecule has 7 nitrogen and oxygen atoms in total. The Morgan fingerprint density at radius 3 is 2.10 bits per heavy atom. The zero-order valence-corrected chi connectivity index (χ0v) is 17.4. The highest BCUT2D eigenvalue weighted by Gasteiger charge is 2.14. The summed E-state index contributed by atoms with van der Waals surface area (Å²) in [6.07, 6.45) is 3.80. The molecule has 0 aliphatic rings. The third kappa shape index (κ3) is 5.57. The van der Waals surface area contributed by atoms with Gasteiger partial charge in [0.15, 0.2) is 23.0 Å². The highest BCUT2D eigenvalue weighted by Crippen LogP contribution is 2.40. The molecule has 0 radical (unpaired) electrons. The standard InChI is InChI=1S/C22H27NO6/c1-25-17-9-6-15(14-19(17)27-3)12-13-23-20(24)11-8-16-7-10-18(26-2)22(29-5)21(16)28-4/h6-11,14H,12-13H2,1-5H3,(H,23,24)/b11-8+. The fourth-order valence-electron chi connectivity index (χ4n) is 2.85. The van der Waals surface area contributed by atoms with Gasteiger partial charge in [0.25, 0.3) is 0 Å². The molecule has 2 aromatic carbocycles. The number of rotatable bonds is 10. The quantitative estimate of drug-likeness (QED) is 0.617. The number of carbonyl (C=O) groups is 1. The van der Waals surface area contributed by atoms with Crippen molar-refractivity contribution in [1.29, 1.82) is 0 Å². The van der Waals surface area contributed by atoms with E-state index in [-0.39, 0.29) is 5.91 Å². The predicted octanol–water partition coefficient (Wildman–Crippen LogP) is 3.10. The van der Waals surface area contributed by atoms with Gasteiger partial charge in [0.05, 0.1) is 35.5 Å². The first kappa shape index (κ1) is 21.9. The second-order valence-electron chi connectivity index (χ2n) is 5.99. The van der Waals surface area contributed by atoms with E-state index in [2.05, 4.69) is 5.32 Å². The van der Waals surface area contributed by atoms with Crippen molar-refractivity contribution in [2.75, 3.05) is 42.1 Å². The van der Waals surface area contributed by atoms with Crippen LogP contribution >= 0.6 is 0 Å². The summed E-state index contributed by atoms with van der Waals surface area (Å²) >= 11 is 0. The van der Waals surface area contributed by atoms with Gasteiger partial charge < -0.3 is 29.0 Å². The van der Waals surface area contributed by atoms with Crippen molar-refractivity contribution in [3.05, 3.63) is 47.5 Å². The molecule has 0 saturated carbocycles. The minimum atomic E-state index is -0.206. The molecular formula is C22H27NO6. The first-order valence-corrected chi connectivity index (χ1v) is 9.03. The van der Waals surface area contributed by atoms with Gasteiger partial charge in [0, 0.05) is 18.2 Å². The molecule has 0 spiro atoms. The number of amides is 1. The molecule has 0 unspecified atom stereocenters. The highest BCUT2D eigenvalue weighted by atomic mass is 16.5. The number of nitrogens with one attached hydrogen (secondary N) is 1. The Bertz CT molecular complexity index is 863. The molecule has 0 aliphatic carbocycles. The highest BCUT2D eigenvalue weighted by molar-refractivity contribution is 5.92. The lowest BCUT2D eigenvalue weighted by atomic mass is 10.1. The zero-order valence-electron chi connectivity index (χ0n) is 17.4. The maximum Gasteiger partial charge on any atom is 0.244 e. The second kappa shape index (κ2) is 10.8. The van der Waals surface area contributed by atoms with Crippen LogP contribution in [0.15, 0.2) is 36.4 Å². The number of methoxy groups -OCH3 is 5. The zero-order chi connectivity index (χ0) is 21.2. The van der Waals surface area contributed by atoms with E-state index in [0.29, 0.717) is 47.3 Å². The summed E-state index contributed by atoms with van der Waals surface area (Å²) in [7, 11) is 7.82. The van der Waals surface area contributed by atoms with Gasteiger partial charge in [-0.05, 0) is 42.3 Å². The Balaban J connectivity index is 1.98. The maximum atomic E-state index is 12.2. The molecule has 0 aromatic heterocycles. The molecule has 2 aromatic rings. The molecule has 2 rings (SSSR count). The molecule has 1 N–H and O–H groups in total. The largest absolute Gasteiger partial charge is 0.493 e. The van der Waals surface area contributed by atoms with Crippen molar-refractivity contribution >= 4 is 12.0 Å². The van der Waals surface area contributed by atoms with Gasteiger partial charge in [-0.2, -0.15) is 0 Å². The summed E-state index contributed by atoms with van der Waals surface area (Å²) in [5.74, 6) is 2.67. The molecule has 0 bridgehead atoms. The molecule has 0 saturated heterocycles. The van der Waals surface area contributed by atoms with Crippen molar-refractivity contribution in [2.24, 2.45) is 0 Å². The number of benzene rings is 2. The second-order valence-corrected chi connectivity index (χ2v) is 5.99. The Kier molecular flexibility index (Phi) is 8.21. The number of hydrogen-bond acceptors (Lipinski definition) is 6. The van der Waals surface area contributed by atoms with E-state index in [0.717, 1.165) is 5.56 Å². The lowest BCUT2D eigenvalue weighted by Gasteiger charge is -2.14.